The van der Waals surface area contributed by atoms with Gasteiger partial charge in [-0.2, -0.15) is 43.9 Å². The van der Waals surface area contributed by atoms with Gasteiger partial charge in [-0.25, -0.2) is 22.3 Å². The first-order chi connectivity index (χ1) is 16.3. The minimum Gasteiger partial charge on any atom is -0.249 e. The Morgan fingerprint density at radius 3 is 1.03 bits per heavy atom. The second-order valence-electron chi connectivity index (χ2n) is 6.94. The highest BCUT2D eigenvalue weighted by Crippen LogP contribution is 2.61. The molecule has 0 heterocycles. The fourth-order valence-corrected chi connectivity index (χ4v) is 4.75. The number of hydrogen-bond donors (Lipinski definition) is 0. The molecule has 0 aliphatic rings. The third kappa shape index (κ3) is 5.26. The van der Waals surface area contributed by atoms with Crippen molar-refractivity contribution >= 4 is 55.1 Å². The predicted molar refractivity (Wildman–Crippen MR) is 107 cm³/mol. The lowest BCUT2D eigenvalue weighted by Gasteiger charge is -2.40. The van der Waals surface area contributed by atoms with Crippen LogP contribution in [-0.2, 0) is 16.1 Å². The number of halogens is 18. The standard InChI is InChI=1S/C18H4Br2Cl2F14O/c19-5-1-7(21)11(9(23)3-5)13(25,15(27,28)29)17(33,34)37-18(35,36)14(26,16(30,31)32)12-8(22)2-6(20)4-10(12)24/h1-4H/t13-,14+. The molecule has 0 N–H and O–H groups in total. The van der Waals surface area contributed by atoms with Gasteiger partial charge in [-0.05, 0) is 24.3 Å². The zero-order valence-corrected chi connectivity index (χ0v) is 21.2. The lowest BCUT2D eigenvalue weighted by Crippen LogP contribution is -2.62. The monoisotopic (exact) mass is 730 g/mol. The molecule has 0 bridgehead atoms. The molecule has 0 saturated heterocycles. The fourth-order valence-electron chi connectivity index (χ4n) is 2.95. The maximum absolute atomic E-state index is 15.1. The summed E-state index contributed by atoms with van der Waals surface area (Å²) in [7, 11) is 0. The molecule has 0 radical (unpaired) electrons. The summed E-state index contributed by atoms with van der Waals surface area (Å²) in [5.74, 6) is -5.09. The van der Waals surface area contributed by atoms with Crippen molar-refractivity contribution in [2.75, 3.05) is 0 Å². The molecule has 208 valence electrons. The van der Waals surface area contributed by atoms with Crippen LogP contribution in [0.5, 0.6) is 0 Å². The minimum absolute atomic E-state index is 0.0817. The van der Waals surface area contributed by atoms with Crippen molar-refractivity contribution in [2.24, 2.45) is 0 Å². The van der Waals surface area contributed by atoms with Gasteiger partial charge >= 0.3 is 35.9 Å². The average Bonchev–Trinajstić information content (AvgIpc) is 2.63. The molecule has 0 aliphatic heterocycles. The van der Waals surface area contributed by atoms with Crippen LogP contribution in [0.2, 0.25) is 10.0 Å². The van der Waals surface area contributed by atoms with Crippen LogP contribution in [0.25, 0.3) is 0 Å². The van der Waals surface area contributed by atoms with Crippen LogP contribution in [-0.4, -0.2) is 24.6 Å². The Balaban J connectivity index is 2.87. The maximum Gasteiger partial charge on any atom is 0.435 e. The first-order valence-corrected chi connectivity index (χ1v) is 11.0. The fraction of sp³-hybridized carbons (Fsp3) is 0.333. The Bertz CT molecular complexity index is 1060. The van der Waals surface area contributed by atoms with Crippen LogP contribution in [0.3, 0.4) is 0 Å². The van der Waals surface area contributed by atoms with E-state index in [2.05, 4.69) is 36.6 Å². The lowest BCUT2D eigenvalue weighted by atomic mass is 9.91. The molecule has 2 atom stereocenters. The molecule has 0 amide bonds. The Kier molecular flexibility index (Phi) is 8.57. The molecule has 37 heavy (non-hydrogen) atoms. The minimum atomic E-state index is -7.26. The SMILES string of the molecule is Fc1cc(Br)cc(Cl)c1[C@@](F)(C(F)(F)F)C(F)(F)OC(F)(F)[C@](F)(c1c(F)cc(Br)cc1Cl)C(F)(F)F. The quantitative estimate of drug-likeness (QED) is 0.269. The molecule has 0 unspecified atom stereocenters. The molecule has 0 aromatic heterocycles. The van der Waals surface area contributed by atoms with Gasteiger partial charge in [0.1, 0.15) is 11.6 Å². The summed E-state index contributed by atoms with van der Waals surface area (Å²) in [5.41, 5.74) is -19.3. The first kappa shape index (κ1) is 32.2. The Morgan fingerprint density at radius 1 is 0.541 bits per heavy atom. The van der Waals surface area contributed by atoms with Crippen molar-refractivity contribution in [1.29, 1.82) is 0 Å². The summed E-state index contributed by atoms with van der Waals surface area (Å²) < 4.78 is 199. The maximum atomic E-state index is 15.1. The van der Waals surface area contributed by atoms with Crippen LogP contribution < -0.4 is 0 Å². The van der Waals surface area contributed by atoms with Gasteiger partial charge in [0.2, 0.25) is 0 Å². The molecule has 0 aliphatic carbocycles. The Labute approximate surface area is 222 Å². The largest absolute Gasteiger partial charge is 0.435 e. The van der Waals surface area contributed by atoms with Crippen molar-refractivity contribution in [1.82, 2.24) is 0 Å². The normalized spacial score (nSPS) is 16.9. The summed E-state index contributed by atoms with van der Waals surface area (Å²) in [5, 5.41) is -3.63. The number of alkyl halides is 12. The molecule has 0 saturated carbocycles. The highest BCUT2D eigenvalue weighted by molar-refractivity contribution is 9.10. The summed E-state index contributed by atoms with van der Waals surface area (Å²) in [6.07, 6.45) is -28.8. The van der Waals surface area contributed by atoms with Gasteiger partial charge in [0.25, 0.3) is 0 Å². The van der Waals surface area contributed by atoms with Crippen LogP contribution >= 0.6 is 55.1 Å². The zero-order valence-electron chi connectivity index (χ0n) is 16.5. The van der Waals surface area contributed by atoms with E-state index in [0.29, 0.717) is 0 Å². The number of hydrogen-bond acceptors (Lipinski definition) is 1. The third-order valence-corrected chi connectivity index (χ3v) is 6.05. The van der Waals surface area contributed by atoms with E-state index in [9.17, 15) is 52.7 Å². The number of benzene rings is 2. The lowest BCUT2D eigenvalue weighted by molar-refractivity contribution is -0.489. The molecule has 2 aromatic carbocycles. The van der Waals surface area contributed by atoms with E-state index in [1.807, 2.05) is 0 Å². The van der Waals surface area contributed by atoms with E-state index >= 15 is 8.78 Å². The highest BCUT2D eigenvalue weighted by atomic mass is 79.9. The van der Waals surface area contributed by atoms with Crippen molar-refractivity contribution in [3.8, 4) is 0 Å². The van der Waals surface area contributed by atoms with Crippen molar-refractivity contribution < 1.29 is 66.2 Å². The van der Waals surface area contributed by atoms with Crippen LogP contribution in [0.1, 0.15) is 11.1 Å². The molecule has 2 rings (SSSR count). The van der Waals surface area contributed by atoms with Gasteiger partial charge in [0.15, 0.2) is 0 Å². The average molecular weight is 733 g/mol. The second kappa shape index (κ2) is 9.86. The summed E-state index contributed by atoms with van der Waals surface area (Å²) in [4.78, 5) is 0. The van der Waals surface area contributed by atoms with Gasteiger partial charge in [-0.3, -0.25) is 0 Å². The molecular formula is C18H4Br2Cl2F14O. The van der Waals surface area contributed by atoms with Crippen LogP contribution in [0, 0.1) is 11.6 Å². The van der Waals surface area contributed by atoms with Gasteiger partial charge in [-0.15, -0.1) is 0 Å². The highest BCUT2D eigenvalue weighted by Gasteiger charge is 2.82. The number of rotatable bonds is 6. The van der Waals surface area contributed by atoms with Gasteiger partial charge in [-0.1, -0.05) is 55.1 Å². The molecule has 0 spiro atoms. The smallest absolute Gasteiger partial charge is 0.249 e. The Morgan fingerprint density at radius 2 is 0.811 bits per heavy atom. The zero-order chi connectivity index (χ0) is 29.2. The molecule has 0 fully saturated rings. The molecule has 1 nitrogen and oxygen atoms in total. The van der Waals surface area contributed by atoms with Crippen LogP contribution in [0.15, 0.2) is 33.2 Å². The van der Waals surface area contributed by atoms with E-state index in [1.165, 1.54) is 0 Å². The van der Waals surface area contributed by atoms with E-state index in [-0.39, 0.29) is 24.3 Å². The predicted octanol–water partition coefficient (Wildman–Crippen LogP) is 10.2. The van der Waals surface area contributed by atoms with E-state index in [1.54, 1.807) is 0 Å². The third-order valence-electron chi connectivity index (χ3n) is 4.54. The van der Waals surface area contributed by atoms with Crippen molar-refractivity contribution in [2.45, 2.75) is 35.9 Å². The van der Waals surface area contributed by atoms with Crippen molar-refractivity contribution in [3.05, 3.63) is 66.0 Å². The molecule has 2 aromatic rings. The van der Waals surface area contributed by atoms with Gasteiger partial charge < -0.3 is 0 Å². The first-order valence-electron chi connectivity index (χ1n) is 8.62. The van der Waals surface area contributed by atoms with Gasteiger partial charge in [0, 0.05) is 8.95 Å². The van der Waals surface area contributed by atoms with E-state index in [0.717, 1.165) is 0 Å². The van der Waals surface area contributed by atoms with E-state index in [4.69, 9.17) is 23.2 Å². The summed E-state index contributed by atoms with van der Waals surface area (Å²) in [6.45, 7) is 0. The molecule has 19 heteroatoms. The summed E-state index contributed by atoms with van der Waals surface area (Å²) >= 11 is 15.3. The number of ether oxygens (including phenoxy) is 1. The second-order valence-corrected chi connectivity index (χ2v) is 9.58. The van der Waals surface area contributed by atoms with Crippen molar-refractivity contribution in [3.63, 3.8) is 0 Å². The summed E-state index contributed by atoms with van der Waals surface area (Å²) in [6, 6.07) is 0.226. The van der Waals surface area contributed by atoms with Gasteiger partial charge in [0.05, 0.1) is 21.2 Å². The van der Waals surface area contributed by atoms with E-state index < -0.39 is 77.7 Å². The Hall–Kier alpha value is -1.04. The molecular weight excluding hydrogens is 729 g/mol. The van der Waals surface area contributed by atoms with Crippen LogP contribution in [0.4, 0.5) is 61.5 Å². The topological polar surface area (TPSA) is 9.23 Å².